The Morgan fingerprint density at radius 2 is 1.81 bits per heavy atom. The highest BCUT2D eigenvalue weighted by molar-refractivity contribution is 7.88. The molecule has 1 aromatic rings. The first kappa shape index (κ1) is 20.6. The van der Waals surface area contributed by atoms with Gasteiger partial charge in [-0.05, 0) is 25.0 Å². The predicted molar refractivity (Wildman–Crippen MR) is 77.0 cm³/mol. The van der Waals surface area contributed by atoms with Gasteiger partial charge in [0.1, 0.15) is 0 Å². The Kier molecular flexibility index (Phi) is 5.36. The summed E-state index contributed by atoms with van der Waals surface area (Å²) in [6.07, 6.45) is -6.04. The quantitative estimate of drug-likeness (QED) is 0.439. The van der Waals surface area contributed by atoms with E-state index in [2.05, 4.69) is 15.0 Å². The van der Waals surface area contributed by atoms with Crippen LogP contribution >= 0.6 is 11.6 Å². The molecule has 0 radical (unpaired) electrons. The number of hydrazine groups is 1. The molecule has 1 aliphatic heterocycles. The zero-order valence-corrected chi connectivity index (χ0v) is 13.9. The van der Waals surface area contributed by atoms with Crippen LogP contribution in [0.15, 0.2) is 12.1 Å². The van der Waals surface area contributed by atoms with Gasteiger partial charge in [0, 0.05) is 5.56 Å². The van der Waals surface area contributed by atoms with Gasteiger partial charge in [-0.3, -0.25) is 4.79 Å². The van der Waals surface area contributed by atoms with Gasteiger partial charge >= 0.3 is 21.8 Å². The monoisotopic (exact) mass is 426 g/mol. The Balaban J connectivity index is 2.37. The molecule has 6 nitrogen and oxygen atoms in total. The van der Waals surface area contributed by atoms with Gasteiger partial charge in [0.15, 0.2) is 5.75 Å². The van der Waals surface area contributed by atoms with Crippen LogP contribution in [0.2, 0.25) is 5.02 Å². The van der Waals surface area contributed by atoms with Crippen molar-refractivity contribution in [2.24, 2.45) is 0 Å². The molecule has 1 aromatic carbocycles. The summed E-state index contributed by atoms with van der Waals surface area (Å²) in [6.45, 7) is 0. The molecule has 14 heteroatoms. The maximum Gasteiger partial charge on any atom is 0.534 e. The lowest BCUT2D eigenvalue weighted by Crippen LogP contribution is -2.45. The predicted octanol–water partition coefficient (Wildman–Crippen LogP) is 2.93. The molecule has 1 aliphatic rings. The van der Waals surface area contributed by atoms with Gasteiger partial charge in [0.2, 0.25) is 0 Å². The lowest BCUT2D eigenvalue weighted by Gasteiger charge is -2.17. The van der Waals surface area contributed by atoms with Crippen LogP contribution in [0.1, 0.15) is 12.0 Å². The molecule has 0 amide bonds. The summed E-state index contributed by atoms with van der Waals surface area (Å²) in [6, 6.07) is 0.425. The van der Waals surface area contributed by atoms with Crippen molar-refractivity contribution in [1.82, 2.24) is 5.43 Å². The van der Waals surface area contributed by atoms with Crippen molar-refractivity contribution in [2.75, 3.05) is 5.43 Å². The second-order valence-electron chi connectivity index (χ2n) is 5.11. The van der Waals surface area contributed by atoms with E-state index >= 15 is 0 Å². The third kappa shape index (κ3) is 4.15. The number of carbonyl (C=O) groups excluding carboxylic acids is 1. The normalized spacial score (nSPS) is 18.5. The summed E-state index contributed by atoms with van der Waals surface area (Å²) in [7, 11) is -6.05. The van der Waals surface area contributed by atoms with E-state index < -0.39 is 57.2 Å². The minimum atomic E-state index is -6.05. The SMILES string of the molecule is O=C(C1CCc2c(ccc(Cl)c2OS(=O)(=O)C(F)(F)F)NN1)C(F)(F)F. The number of ketones is 1. The van der Waals surface area contributed by atoms with Crippen LogP contribution in [-0.2, 0) is 21.3 Å². The van der Waals surface area contributed by atoms with Crippen LogP contribution in [-0.4, -0.2) is 31.9 Å². The summed E-state index contributed by atoms with van der Waals surface area (Å²) in [5.74, 6) is -2.98. The third-order valence-electron chi connectivity index (χ3n) is 3.35. The zero-order valence-electron chi connectivity index (χ0n) is 12.3. The molecule has 0 fully saturated rings. The van der Waals surface area contributed by atoms with Crippen molar-refractivity contribution < 1.29 is 43.7 Å². The molecule has 0 aromatic heterocycles. The number of halogens is 7. The average molecular weight is 427 g/mol. The number of benzene rings is 1. The Morgan fingerprint density at radius 1 is 1.19 bits per heavy atom. The summed E-state index contributed by atoms with van der Waals surface area (Å²) >= 11 is 5.69. The highest BCUT2D eigenvalue weighted by atomic mass is 35.5. The lowest BCUT2D eigenvalue weighted by atomic mass is 10.0. The Hall–Kier alpha value is -1.73. The maximum atomic E-state index is 12.5. The van der Waals surface area contributed by atoms with E-state index in [9.17, 15) is 39.6 Å². The molecule has 0 saturated carbocycles. The highest BCUT2D eigenvalue weighted by Gasteiger charge is 2.49. The van der Waals surface area contributed by atoms with Crippen molar-refractivity contribution in [3.63, 3.8) is 0 Å². The van der Waals surface area contributed by atoms with Crippen LogP contribution in [0.25, 0.3) is 0 Å². The van der Waals surface area contributed by atoms with Crippen LogP contribution in [0, 0.1) is 0 Å². The van der Waals surface area contributed by atoms with E-state index in [1.165, 1.54) is 6.07 Å². The molecule has 1 heterocycles. The molecule has 0 bridgehead atoms. The fourth-order valence-corrected chi connectivity index (χ4v) is 2.90. The minimum absolute atomic E-state index is 0.0840. The fourth-order valence-electron chi connectivity index (χ4n) is 2.13. The number of Topliss-reactive ketones (excluding diaryl/α,β-unsaturated/α-hetero) is 1. The molecule has 0 aliphatic carbocycles. The number of hydrogen-bond acceptors (Lipinski definition) is 6. The van der Waals surface area contributed by atoms with Crippen LogP contribution in [0.3, 0.4) is 0 Å². The largest absolute Gasteiger partial charge is 0.534 e. The maximum absolute atomic E-state index is 12.5. The average Bonchev–Trinajstić information content (AvgIpc) is 2.70. The van der Waals surface area contributed by atoms with Crippen molar-refractivity contribution >= 4 is 33.2 Å². The lowest BCUT2D eigenvalue weighted by molar-refractivity contribution is -0.173. The van der Waals surface area contributed by atoms with Crippen molar-refractivity contribution in [2.45, 2.75) is 30.6 Å². The van der Waals surface area contributed by atoms with Gasteiger partial charge in [-0.1, -0.05) is 11.6 Å². The molecule has 1 atom stereocenters. The van der Waals surface area contributed by atoms with Crippen LogP contribution < -0.4 is 15.0 Å². The van der Waals surface area contributed by atoms with E-state index in [-0.39, 0.29) is 11.3 Å². The minimum Gasteiger partial charge on any atom is -0.374 e. The van der Waals surface area contributed by atoms with Gasteiger partial charge in [-0.15, -0.1) is 0 Å². The first-order valence-electron chi connectivity index (χ1n) is 6.69. The topological polar surface area (TPSA) is 84.5 Å². The summed E-state index contributed by atoms with van der Waals surface area (Å²) < 4.78 is 102. The van der Waals surface area contributed by atoms with Gasteiger partial charge < -0.3 is 9.61 Å². The summed E-state index contributed by atoms with van der Waals surface area (Å²) in [4.78, 5) is 11.3. The number of alkyl halides is 6. The first-order chi connectivity index (χ1) is 11.7. The van der Waals surface area contributed by atoms with Gasteiger partial charge in [0.05, 0.1) is 16.8 Å². The Bertz CT molecular complexity index is 824. The van der Waals surface area contributed by atoms with Gasteiger partial charge in [-0.2, -0.15) is 34.8 Å². The van der Waals surface area contributed by atoms with Crippen LogP contribution in [0.5, 0.6) is 5.75 Å². The van der Waals surface area contributed by atoms with Crippen molar-refractivity contribution in [3.05, 3.63) is 22.7 Å². The van der Waals surface area contributed by atoms with E-state index in [1.54, 1.807) is 0 Å². The molecule has 0 spiro atoms. The molecule has 0 saturated heterocycles. The first-order valence-corrected chi connectivity index (χ1v) is 8.47. The van der Waals surface area contributed by atoms with E-state index in [4.69, 9.17) is 11.6 Å². The second-order valence-corrected chi connectivity index (χ2v) is 7.05. The van der Waals surface area contributed by atoms with Gasteiger partial charge in [-0.25, -0.2) is 5.43 Å². The van der Waals surface area contributed by atoms with E-state index in [0.717, 1.165) is 6.07 Å². The highest BCUT2D eigenvalue weighted by Crippen LogP contribution is 2.39. The molecular weight excluding hydrogens is 418 g/mol. The molecule has 2 N–H and O–H groups in total. The van der Waals surface area contributed by atoms with Crippen LogP contribution in [0.4, 0.5) is 32.0 Å². The Morgan fingerprint density at radius 3 is 2.35 bits per heavy atom. The standard InChI is InChI=1S/C12H9ClF6N2O4S/c13-6-2-4-7-5(9(6)25-26(23,24)12(17,18)19)1-3-8(21-20-7)10(22)11(14,15)16/h2,4,8,20-21H,1,3H2. The second kappa shape index (κ2) is 6.78. The van der Waals surface area contributed by atoms with Crippen molar-refractivity contribution in [3.8, 4) is 5.75 Å². The third-order valence-corrected chi connectivity index (χ3v) is 4.60. The fraction of sp³-hybridized carbons (Fsp3) is 0.417. The molecule has 2 rings (SSSR count). The molecule has 1 unspecified atom stereocenters. The number of nitrogens with one attached hydrogen (secondary N) is 2. The molecule has 146 valence electrons. The number of anilines is 1. The number of carbonyl (C=O) groups is 1. The Labute approximate surface area is 147 Å². The van der Waals surface area contributed by atoms with E-state index in [1.807, 2.05) is 0 Å². The summed E-state index contributed by atoms with van der Waals surface area (Å²) in [5, 5.41) is -0.501. The molecule has 26 heavy (non-hydrogen) atoms. The number of fused-ring (bicyclic) bond motifs is 1. The molecular formula is C12H9ClF6N2O4S. The smallest absolute Gasteiger partial charge is 0.374 e. The zero-order chi connectivity index (χ0) is 19.9. The number of rotatable bonds is 3. The van der Waals surface area contributed by atoms with E-state index in [0.29, 0.717) is 0 Å². The number of hydrogen-bond donors (Lipinski definition) is 2. The van der Waals surface area contributed by atoms with Crippen molar-refractivity contribution in [1.29, 1.82) is 0 Å². The summed E-state index contributed by atoms with van der Waals surface area (Å²) in [5.41, 5.74) is -1.71. The van der Waals surface area contributed by atoms with Gasteiger partial charge in [0.25, 0.3) is 5.78 Å².